The van der Waals surface area contributed by atoms with Crippen molar-refractivity contribution >= 4 is 33.0 Å². The number of nitrogens with one attached hydrogen (secondary N) is 3. The summed E-state index contributed by atoms with van der Waals surface area (Å²) in [6, 6.07) is 16.8. The molecule has 4 rings (SSSR count). The van der Waals surface area contributed by atoms with Crippen molar-refractivity contribution in [2.45, 2.75) is 25.3 Å². The molecule has 1 heterocycles. The van der Waals surface area contributed by atoms with Crippen molar-refractivity contribution < 1.29 is 22.4 Å². The zero-order chi connectivity index (χ0) is 24.3. The van der Waals surface area contributed by atoms with E-state index < -0.39 is 33.4 Å². The average molecular weight is 482 g/mol. The first-order valence-corrected chi connectivity index (χ1v) is 12.5. The Balaban J connectivity index is 1.40. The van der Waals surface area contributed by atoms with Crippen molar-refractivity contribution in [1.29, 1.82) is 0 Å². The summed E-state index contributed by atoms with van der Waals surface area (Å²) in [5.74, 6) is -1.97. The van der Waals surface area contributed by atoms with Crippen molar-refractivity contribution in [3.05, 3.63) is 94.8 Å². The van der Waals surface area contributed by atoms with Crippen LogP contribution in [0.4, 0.5) is 15.8 Å². The Morgan fingerprint density at radius 1 is 0.971 bits per heavy atom. The Bertz CT molecular complexity index is 1320. The quantitative estimate of drug-likeness (QED) is 0.480. The topological polar surface area (TPSA) is 104 Å². The van der Waals surface area contributed by atoms with Crippen LogP contribution in [0.15, 0.2) is 66.7 Å². The third-order valence-corrected chi connectivity index (χ3v) is 7.09. The van der Waals surface area contributed by atoms with Gasteiger partial charge in [-0.15, -0.1) is 0 Å². The van der Waals surface area contributed by atoms with Crippen molar-refractivity contribution in [2.75, 3.05) is 16.4 Å². The fourth-order valence-electron chi connectivity index (χ4n) is 3.64. The number of sulfone groups is 1. The zero-order valence-corrected chi connectivity index (χ0v) is 19.3. The molecule has 0 aliphatic carbocycles. The van der Waals surface area contributed by atoms with Gasteiger partial charge in [-0.1, -0.05) is 42.0 Å². The van der Waals surface area contributed by atoms with Gasteiger partial charge in [0.05, 0.1) is 22.9 Å². The van der Waals surface area contributed by atoms with E-state index in [0.717, 1.165) is 11.1 Å². The van der Waals surface area contributed by atoms with Crippen LogP contribution in [0.1, 0.15) is 27.0 Å². The number of halogens is 1. The van der Waals surface area contributed by atoms with Crippen LogP contribution < -0.4 is 16.0 Å². The van der Waals surface area contributed by atoms with Crippen molar-refractivity contribution in [1.82, 2.24) is 5.32 Å². The van der Waals surface area contributed by atoms with Gasteiger partial charge in [0, 0.05) is 12.1 Å². The average Bonchev–Trinajstić information content (AvgIpc) is 2.80. The number of aryl methyl sites for hydroxylation is 1. The SMILES string of the molecule is Cc1ccc(CNC(=O)c2ccc3c(c2)NC(=O)[C@H](CS(=O)(=O)Cc2ccc(F)cc2)N3)cc1. The van der Waals surface area contributed by atoms with Crippen molar-refractivity contribution in [2.24, 2.45) is 0 Å². The highest BCUT2D eigenvalue weighted by atomic mass is 32.2. The molecule has 0 saturated carbocycles. The van der Waals surface area contributed by atoms with E-state index in [2.05, 4.69) is 16.0 Å². The molecule has 0 bridgehead atoms. The van der Waals surface area contributed by atoms with Gasteiger partial charge in [0.2, 0.25) is 5.91 Å². The monoisotopic (exact) mass is 481 g/mol. The van der Waals surface area contributed by atoms with E-state index in [1.807, 2.05) is 31.2 Å². The van der Waals surface area contributed by atoms with E-state index in [9.17, 15) is 22.4 Å². The number of hydrogen-bond donors (Lipinski definition) is 3. The second-order valence-corrected chi connectivity index (χ2v) is 10.4. The lowest BCUT2D eigenvalue weighted by atomic mass is 10.1. The second kappa shape index (κ2) is 9.64. The van der Waals surface area contributed by atoms with Gasteiger partial charge >= 0.3 is 0 Å². The Morgan fingerprint density at radius 3 is 2.35 bits per heavy atom. The highest BCUT2D eigenvalue weighted by molar-refractivity contribution is 7.90. The minimum Gasteiger partial charge on any atom is -0.371 e. The first kappa shape index (κ1) is 23.4. The van der Waals surface area contributed by atoms with Crippen LogP contribution in [0.25, 0.3) is 0 Å². The molecule has 3 aromatic carbocycles. The Morgan fingerprint density at radius 2 is 1.65 bits per heavy atom. The molecular formula is C25H24FN3O4S. The van der Waals surface area contributed by atoms with E-state index in [4.69, 9.17) is 0 Å². The molecule has 176 valence electrons. The largest absolute Gasteiger partial charge is 0.371 e. The van der Waals surface area contributed by atoms with E-state index >= 15 is 0 Å². The Kier molecular flexibility index (Phi) is 6.65. The molecule has 7 nitrogen and oxygen atoms in total. The Hall–Kier alpha value is -3.72. The molecule has 1 aliphatic rings. The summed E-state index contributed by atoms with van der Waals surface area (Å²) in [6.07, 6.45) is 0. The van der Waals surface area contributed by atoms with Gasteiger partial charge in [-0.05, 0) is 48.4 Å². The van der Waals surface area contributed by atoms with Gasteiger partial charge in [0.1, 0.15) is 11.9 Å². The van der Waals surface area contributed by atoms with Gasteiger partial charge in [-0.3, -0.25) is 9.59 Å². The summed E-state index contributed by atoms with van der Waals surface area (Å²) in [5.41, 5.74) is 3.85. The molecule has 0 aromatic heterocycles. The van der Waals surface area contributed by atoms with Gasteiger partial charge in [0.15, 0.2) is 9.84 Å². The molecule has 0 radical (unpaired) electrons. The van der Waals surface area contributed by atoms with Crippen LogP contribution in [-0.4, -0.2) is 32.0 Å². The molecule has 0 fully saturated rings. The lowest BCUT2D eigenvalue weighted by Gasteiger charge is -2.27. The minimum atomic E-state index is -3.65. The molecule has 0 saturated heterocycles. The number of anilines is 2. The standard InChI is InChI=1S/C25H24FN3O4S/c1-16-2-4-17(5-3-16)13-27-24(30)19-8-11-21-22(12-19)29-25(31)23(28-21)15-34(32,33)14-18-6-9-20(26)10-7-18/h2-12,23,28H,13-15H2,1H3,(H,27,30)(H,29,31)/t23-/m0/s1. The fourth-order valence-corrected chi connectivity index (χ4v) is 5.20. The van der Waals surface area contributed by atoms with E-state index in [1.165, 1.54) is 24.3 Å². The number of benzene rings is 3. The third-order valence-electron chi connectivity index (χ3n) is 5.48. The minimum absolute atomic E-state index is 0.290. The lowest BCUT2D eigenvalue weighted by Crippen LogP contribution is -2.43. The van der Waals surface area contributed by atoms with E-state index in [-0.39, 0.29) is 11.7 Å². The molecule has 1 atom stereocenters. The third kappa shape index (κ3) is 5.79. The number of fused-ring (bicyclic) bond motifs is 1. The highest BCUT2D eigenvalue weighted by Gasteiger charge is 2.30. The molecule has 2 amide bonds. The first-order chi connectivity index (χ1) is 16.2. The molecule has 34 heavy (non-hydrogen) atoms. The van der Waals surface area contributed by atoms with Crippen molar-refractivity contribution in [3.8, 4) is 0 Å². The predicted molar refractivity (Wildman–Crippen MR) is 129 cm³/mol. The smallest absolute Gasteiger partial charge is 0.251 e. The maximum atomic E-state index is 13.1. The summed E-state index contributed by atoms with van der Waals surface area (Å²) in [6.45, 7) is 2.36. The van der Waals surface area contributed by atoms with Crippen LogP contribution >= 0.6 is 0 Å². The fraction of sp³-hybridized carbons (Fsp3) is 0.200. The van der Waals surface area contributed by atoms with Gasteiger partial charge in [-0.25, -0.2) is 12.8 Å². The number of carbonyl (C=O) groups is 2. The lowest BCUT2D eigenvalue weighted by molar-refractivity contribution is -0.116. The van der Waals surface area contributed by atoms with E-state index in [1.54, 1.807) is 18.2 Å². The van der Waals surface area contributed by atoms with Crippen LogP contribution in [0, 0.1) is 12.7 Å². The first-order valence-electron chi connectivity index (χ1n) is 10.7. The van der Waals surface area contributed by atoms with Crippen LogP contribution in [0.5, 0.6) is 0 Å². The number of hydrogen-bond acceptors (Lipinski definition) is 5. The second-order valence-electron chi connectivity index (χ2n) is 8.30. The maximum absolute atomic E-state index is 13.1. The summed E-state index contributed by atoms with van der Waals surface area (Å²) in [5, 5.41) is 8.47. The molecular weight excluding hydrogens is 457 g/mol. The molecule has 9 heteroatoms. The Labute approximate surface area is 197 Å². The van der Waals surface area contributed by atoms with Gasteiger partial charge in [0.25, 0.3) is 5.91 Å². The summed E-state index contributed by atoms with van der Waals surface area (Å²) >= 11 is 0. The van der Waals surface area contributed by atoms with Crippen molar-refractivity contribution in [3.63, 3.8) is 0 Å². The highest BCUT2D eigenvalue weighted by Crippen LogP contribution is 2.28. The summed E-state index contributed by atoms with van der Waals surface area (Å²) in [7, 11) is -3.65. The number of amides is 2. The summed E-state index contributed by atoms with van der Waals surface area (Å²) in [4.78, 5) is 25.1. The molecule has 0 spiro atoms. The zero-order valence-electron chi connectivity index (χ0n) is 18.5. The predicted octanol–water partition coefficient (Wildman–Crippen LogP) is 3.41. The molecule has 1 aliphatic heterocycles. The van der Waals surface area contributed by atoms with Crippen LogP contribution in [0.3, 0.4) is 0 Å². The van der Waals surface area contributed by atoms with Crippen LogP contribution in [0.2, 0.25) is 0 Å². The molecule has 3 aromatic rings. The molecule has 3 N–H and O–H groups in total. The normalized spacial score (nSPS) is 15.1. The number of rotatable bonds is 7. The van der Waals surface area contributed by atoms with E-state index in [0.29, 0.717) is 29.0 Å². The molecule has 0 unspecified atom stereocenters. The summed E-state index contributed by atoms with van der Waals surface area (Å²) < 4.78 is 38.2. The van der Waals surface area contributed by atoms with Gasteiger partial charge < -0.3 is 16.0 Å². The van der Waals surface area contributed by atoms with Gasteiger partial charge in [-0.2, -0.15) is 0 Å². The maximum Gasteiger partial charge on any atom is 0.251 e. The number of carbonyl (C=O) groups excluding carboxylic acids is 2. The van der Waals surface area contributed by atoms with Crippen LogP contribution in [-0.2, 0) is 26.9 Å².